The van der Waals surface area contributed by atoms with Crippen LogP contribution in [0.1, 0.15) is 22.7 Å². The van der Waals surface area contributed by atoms with Crippen LogP contribution in [-0.2, 0) is 22.7 Å². The first-order chi connectivity index (χ1) is 19.8. The molecule has 208 valence electrons. The molecule has 0 aliphatic heterocycles. The number of benzene rings is 4. The molecule has 0 spiro atoms. The number of para-hydroxylation sites is 1. The van der Waals surface area contributed by atoms with Gasteiger partial charge in [-0.3, -0.25) is 9.59 Å². The second-order valence-corrected chi connectivity index (χ2v) is 10.1. The summed E-state index contributed by atoms with van der Waals surface area (Å²) in [5, 5.41) is 11.3. The standard InChI is InChI=1S/C32H31FN6O2/c1-22-12-14-23(15-13-22)31(32(41)34-25-16-18-26(19-17-25)37(2)3)38(20-24-8-4-5-9-27(24)33)30(40)21-39-29-11-7-6-10-28(29)35-36-39/h4-19,31H,20-21H2,1-3H3,(H,34,41). The molecule has 8 nitrogen and oxygen atoms in total. The van der Waals surface area contributed by atoms with E-state index in [2.05, 4.69) is 15.6 Å². The highest BCUT2D eigenvalue weighted by atomic mass is 19.1. The van der Waals surface area contributed by atoms with Crippen LogP contribution in [0.15, 0.2) is 97.1 Å². The van der Waals surface area contributed by atoms with Gasteiger partial charge in [-0.05, 0) is 55.0 Å². The molecule has 0 bridgehead atoms. The van der Waals surface area contributed by atoms with Gasteiger partial charge < -0.3 is 15.1 Å². The SMILES string of the molecule is Cc1ccc(C(C(=O)Nc2ccc(N(C)C)cc2)N(Cc2ccccc2F)C(=O)Cn2nnc3ccccc32)cc1. The molecule has 5 aromatic rings. The van der Waals surface area contributed by atoms with Crippen LogP contribution in [0.25, 0.3) is 11.0 Å². The van der Waals surface area contributed by atoms with Crippen LogP contribution in [0, 0.1) is 12.7 Å². The van der Waals surface area contributed by atoms with Gasteiger partial charge >= 0.3 is 0 Å². The minimum atomic E-state index is -1.05. The minimum Gasteiger partial charge on any atom is -0.378 e. The summed E-state index contributed by atoms with van der Waals surface area (Å²) in [7, 11) is 3.87. The summed E-state index contributed by atoms with van der Waals surface area (Å²) in [5.74, 6) is -1.29. The zero-order chi connectivity index (χ0) is 28.9. The Morgan fingerprint density at radius 2 is 1.59 bits per heavy atom. The molecule has 0 fully saturated rings. The number of rotatable bonds is 9. The molecular weight excluding hydrogens is 519 g/mol. The van der Waals surface area contributed by atoms with Gasteiger partial charge in [0, 0.05) is 37.6 Å². The summed E-state index contributed by atoms with van der Waals surface area (Å²) in [6.45, 7) is 1.65. The molecule has 2 amide bonds. The summed E-state index contributed by atoms with van der Waals surface area (Å²) in [6, 6.07) is 27.4. The fourth-order valence-electron chi connectivity index (χ4n) is 4.66. The molecule has 9 heteroatoms. The normalized spacial score (nSPS) is 11.7. The van der Waals surface area contributed by atoms with Crippen LogP contribution < -0.4 is 10.2 Å². The summed E-state index contributed by atoms with van der Waals surface area (Å²) >= 11 is 0. The number of nitrogens with one attached hydrogen (secondary N) is 1. The zero-order valence-corrected chi connectivity index (χ0v) is 23.2. The van der Waals surface area contributed by atoms with Crippen LogP contribution in [0.2, 0.25) is 0 Å². The van der Waals surface area contributed by atoms with Crippen molar-refractivity contribution in [2.24, 2.45) is 0 Å². The molecule has 1 heterocycles. The summed E-state index contributed by atoms with van der Waals surface area (Å²) in [4.78, 5) is 31.4. The summed E-state index contributed by atoms with van der Waals surface area (Å²) < 4.78 is 16.4. The first kappa shape index (κ1) is 27.5. The Labute approximate surface area is 238 Å². The third kappa shape index (κ3) is 6.24. The first-order valence-electron chi connectivity index (χ1n) is 13.3. The predicted molar refractivity (Wildman–Crippen MR) is 158 cm³/mol. The van der Waals surface area contributed by atoms with Crippen LogP contribution in [-0.4, -0.2) is 45.8 Å². The lowest BCUT2D eigenvalue weighted by Crippen LogP contribution is -2.42. The van der Waals surface area contributed by atoms with Crippen molar-refractivity contribution in [1.29, 1.82) is 0 Å². The maximum atomic E-state index is 14.9. The Bertz CT molecular complexity index is 1660. The molecule has 0 saturated heterocycles. The Morgan fingerprint density at radius 3 is 2.29 bits per heavy atom. The van der Waals surface area contributed by atoms with E-state index >= 15 is 0 Å². The number of nitrogens with zero attached hydrogens (tertiary/aromatic N) is 5. The topological polar surface area (TPSA) is 83.4 Å². The van der Waals surface area contributed by atoms with Crippen molar-refractivity contribution in [3.05, 3.63) is 120 Å². The molecule has 4 aromatic carbocycles. The number of aryl methyl sites for hydroxylation is 1. The fourth-order valence-corrected chi connectivity index (χ4v) is 4.66. The molecule has 0 saturated carbocycles. The maximum absolute atomic E-state index is 14.9. The monoisotopic (exact) mass is 550 g/mol. The second-order valence-electron chi connectivity index (χ2n) is 10.1. The average molecular weight is 551 g/mol. The molecule has 1 unspecified atom stereocenters. The van der Waals surface area contributed by atoms with Crippen molar-refractivity contribution < 1.29 is 14.0 Å². The number of halogens is 1. The van der Waals surface area contributed by atoms with E-state index in [-0.39, 0.29) is 13.1 Å². The van der Waals surface area contributed by atoms with Gasteiger partial charge in [0.1, 0.15) is 23.9 Å². The average Bonchev–Trinajstić information content (AvgIpc) is 3.37. The van der Waals surface area contributed by atoms with Gasteiger partial charge in [0.15, 0.2) is 0 Å². The Hall–Kier alpha value is -5.05. The van der Waals surface area contributed by atoms with E-state index in [0.717, 1.165) is 11.3 Å². The summed E-state index contributed by atoms with van der Waals surface area (Å²) in [5.41, 5.74) is 4.80. The van der Waals surface area contributed by atoms with E-state index < -0.39 is 23.7 Å². The van der Waals surface area contributed by atoms with Crippen molar-refractivity contribution in [2.45, 2.75) is 26.1 Å². The Morgan fingerprint density at radius 1 is 0.902 bits per heavy atom. The van der Waals surface area contributed by atoms with Crippen molar-refractivity contribution >= 4 is 34.2 Å². The van der Waals surface area contributed by atoms with Crippen molar-refractivity contribution in [1.82, 2.24) is 19.9 Å². The largest absolute Gasteiger partial charge is 0.378 e. The number of amides is 2. The zero-order valence-electron chi connectivity index (χ0n) is 23.2. The molecule has 1 atom stereocenters. The molecule has 41 heavy (non-hydrogen) atoms. The van der Waals surface area contributed by atoms with Crippen molar-refractivity contribution in [2.75, 3.05) is 24.3 Å². The van der Waals surface area contributed by atoms with E-state index in [1.54, 1.807) is 18.2 Å². The molecule has 1 N–H and O–H groups in total. The van der Waals surface area contributed by atoms with Gasteiger partial charge in [0.05, 0.1) is 5.52 Å². The smallest absolute Gasteiger partial charge is 0.251 e. The molecule has 0 aliphatic rings. The summed E-state index contributed by atoms with van der Waals surface area (Å²) in [6.07, 6.45) is 0. The van der Waals surface area contributed by atoms with E-state index in [0.29, 0.717) is 27.8 Å². The van der Waals surface area contributed by atoms with Crippen LogP contribution >= 0.6 is 0 Å². The van der Waals surface area contributed by atoms with Gasteiger partial charge in [-0.15, -0.1) is 5.10 Å². The number of aromatic nitrogens is 3. The lowest BCUT2D eigenvalue weighted by Gasteiger charge is -2.32. The highest BCUT2D eigenvalue weighted by Crippen LogP contribution is 2.28. The van der Waals surface area contributed by atoms with Crippen molar-refractivity contribution in [3.8, 4) is 0 Å². The number of hydrogen-bond donors (Lipinski definition) is 1. The quantitative estimate of drug-likeness (QED) is 0.267. The van der Waals surface area contributed by atoms with E-state index in [1.165, 1.54) is 15.6 Å². The molecule has 0 aliphatic carbocycles. The van der Waals surface area contributed by atoms with Crippen LogP contribution in [0.3, 0.4) is 0 Å². The lowest BCUT2D eigenvalue weighted by molar-refractivity contribution is -0.140. The highest BCUT2D eigenvalue weighted by molar-refractivity contribution is 5.98. The number of carbonyl (C=O) groups excluding carboxylic acids is 2. The minimum absolute atomic E-state index is 0.121. The van der Waals surface area contributed by atoms with Gasteiger partial charge in [-0.25, -0.2) is 9.07 Å². The molecule has 0 radical (unpaired) electrons. The molecular formula is C32H31FN6O2. The van der Waals surface area contributed by atoms with Crippen LogP contribution in [0.5, 0.6) is 0 Å². The fraction of sp³-hybridized carbons (Fsp3) is 0.188. The van der Waals surface area contributed by atoms with Gasteiger partial charge in [0.2, 0.25) is 5.91 Å². The number of fused-ring (bicyclic) bond motifs is 1. The predicted octanol–water partition coefficient (Wildman–Crippen LogP) is 5.35. The third-order valence-corrected chi connectivity index (χ3v) is 6.93. The van der Waals surface area contributed by atoms with Crippen LogP contribution in [0.4, 0.5) is 15.8 Å². The number of hydrogen-bond acceptors (Lipinski definition) is 5. The molecule has 5 rings (SSSR count). The molecule has 1 aromatic heterocycles. The van der Waals surface area contributed by atoms with Gasteiger partial charge in [0.25, 0.3) is 5.91 Å². The number of carbonyl (C=O) groups is 2. The number of anilines is 2. The van der Waals surface area contributed by atoms with E-state index in [9.17, 15) is 14.0 Å². The first-order valence-corrected chi connectivity index (χ1v) is 13.3. The Balaban J connectivity index is 1.54. The van der Waals surface area contributed by atoms with E-state index in [4.69, 9.17) is 0 Å². The maximum Gasteiger partial charge on any atom is 0.251 e. The highest BCUT2D eigenvalue weighted by Gasteiger charge is 2.33. The van der Waals surface area contributed by atoms with E-state index in [1.807, 2.05) is 98.7 Å². The van der Waals surface area contributed by atoms with Gasteiger partial charge in [-0.2, -0.15) is 0 Å². The van der Waals surface area contributed by atoms with Gasteiger partial charge in [-0.1, -0.05) is 65.4 Å². The lowest BCUT2D eigenvalue weighted by atomic mass is 10.0. The second kappa shape index (κ2) is 12.0. The Kier molecular flexibility index (Phi) is 8.05. The third-order valence-electron chi connectivity index (χ3n) is 6.93. The van der Waals surface area contributed by atoms with Crippen molar-refractivity contribution in [3.63, 3.8) is 0 Å².